The zero-order chi connectivity index (χ0) is 21.7. The Kier molecular flexibility index (Phi) is 6.74. The number of nitrogens with one attached hydrogen (secondary N) is 1. The quantitative estimate of drug-likeness (QED) is 0.341. The van der Waals surface area contributed by atoms with Gasteiger partial charge >= 0.3 is 5.69 Å². The summed E-state index contributed by atoms with van der Waals surface area (Å²) >= 11 is 5.79. The first-order valence-corrected chi connectivity index (χ1v) is 9.82. The molecular weight excluding hydrogens is 408 g/mol. The van der Waals surface area contributed by atoms with Crippen LogP contribution in [0, 0.1) is 10.1 Å². The van der Waals surface area contributed by atoms with Crippen LogP contribution in [0.4, 0.5) is 11.4 Å². The van der Waals surface area contributed by atoms with Crippen LogP contribution in [0.15, 0.2) is 59.0 Å². The van der Waals surface area contributed by atoms with Crippen LogP contribution in [0.2, 0.25) is 5.02 Å². The average Bonchev–Trinajstić information content (AvgIpc) is 3.22. The van der Waals surface area contributed by atoms with Crippen LogP contribution in [0.3, 0.4) is 0 Å². The van der Waals surface area contributed by atoms with Crippen molar-refractivity contribution in [3.63, 3.8) is 0 Å². The smallest absolute Gasteiger partial charge is 0.312 e. The summed E-state index contributed by atoms with van der Waals surface area (Å²) in [6.45, 7) is 4.21. The molecule has 7 nitrogen and oxygen atoms in total. The molecule has 0 aliphatic carbocycles. The topological polar surface area (TPSA) is 94.6 Å². The van der Waals surface area contributed by atoms with Gasteiger partial charge in [0.25, 0.3) is 5.91 Å². The summed E-state index contributed by atoms with van der Waals surface area (Å²) in [6, 6.07) is 14.9. The number of nitrogens with zero attached hydrogens (tertiary/aromatic N) is 1. The summed E-state index contributed by atoms with van der Waals surface area (Å²) in [5.74, 6) is 0.601. The Morgan fingerprint density at radius 2 is 1.93 bits per heavy atom. The van der Waals surface area contributed by atoms with E-state index in [1.54, 1.807) is 6.07 Å². The van der Waals surface area contributed by atoms with Crippen LogP contribution in [0.25, 0.3) is 0 Å². The van der Waals surface area contributed by atoms with Gasteiger partial charge < -0.3 is 14.5 Å². The van der Waals surface area contributed by atoms with Gasteiger partial charge in [-0.05, 0) is 54.3 Å². The lowest BCUT2D eigenvalue weighted by molar-refractivity contribution is -0.385. The third-order valence-electron chi connectivity index (χ3n) is 4.72. The lowest BCUT2D eigenvalue weighted by atomic mass is 9.99. The molecule has 156 valence electrons. The maximum absolute atomic E-state index is 12.4. The molecule has 0 radical (unpaired) electrons. The number of nitro groups is 1. The van der Waals surface area contributed by atoms with Gasteiger partial charge in [0.2, 0.25) is 0 Å². The summed E-state index contributed by atoms with van der Waals surface area (Å²) in [5, 5.41) is 14.1. The fourth-order valence-corrected chi connectivity index (χ4v) is 2.97. The number of hydrogen-bond acceptors (Lipinski definition) is 5. The van der Waals surface area contributed by atoms with Crippen molar-refractivity contribution in [2.45, 2.75) is 32.8 Å². The van der Waals surface area contributed by atoms with Crippen LogP contribution >= 0.6 is 11.6 Å². The number of furan rings is 1. The molecule has 1 amide bonds. The minimum absolute atomic E-state index is 0.0631. The molecule has 3 rings (SSSR count). The van der Waals surface area contributed by atoms with Gasteiger partial charge in [-0.2, -0.15) is 0 Å². The fraction of sp³-hybridized carbons (Fsp3) is 0.227. The van der Waals surface area contributed by atoms with E-state index in [0.717, 1.165) is 6.42 Å². The highest BCUT2D eigenvalue weighted by Gasteiger charge is 2.17. The van der Waals surface area contributed by atoms with Crippen molar-refractivity contribution in [1.29, 1.82) is 0 Å². The highest BCUT2D eigenvalue weighted by molar-refractivity contribution is 6.30. The van der Waals surface area contributed by atoms with Crippen LogP contribution in [0.5, 0.6) is 5.75 Å². The van der Waals surface area contributed by atoms with Crippen molar-refractivity contribution in [2.75, 3.05) is 5.32 Å². The normalized spacial score (nSPS) is 11.7. The molecular formula is C22H21ClN2O5. The monoisotopic (exact) mass is 428 g/mol. The Balaban J connectivity index is 1.62. The zero-order valence-electron chi connectivity index (χ0n) is 16.6. The summed E-state index contributed by atoms with van der Waals surface area (Å²) in [5.41, 5.74) is 1.63. The van der Waals surface area contributed by atoms with Gasteiger partial charge in [0.05, 0.1) is 4.92 Å². The van der Waals surface area contributed by atoms with Gasteiger partial charge in [-0.1, -0.05) is 37.6 Å². The highest BCUT2D eigenvalue weighted by atomic mass is 35.5. The molecule has 30 heavy (non-hydrogen) atoms. The summed E-state index contributed by atoms with van der Waals surface area (Å²) in [6.07, 6.45) is 1.04. The van der Waals surface area contributed by atoms with Crippen LogP contribution < -0.4 is 10.1 Å². The molecule has 0 saturated carbocycles. The third kappa shape index (κ3) is 5.18. The summed E-state index contributed by atoms with van der Waals surface area (Å²) < 4.78 is 11.0. The number of rotatable bonds is 8. The second-order valence-electron chi connectivity index (χ2n) is 6.81. The van der Waals surface area contributed by atoms with Crippen LogP contribution in [-0.4, -0.2) is 10.8 Å². The van der Waals surface area contributed by atoms with E-state index >= 15 is 0 Å². The predicted octanol–water partition coefficient (Wildman–Crippen LogP) is 6.19. The highest BCUT2D eigenvalue weighted by Crippen LogP contribution is 2.30. The zero-order valence-corrected chi connectivity index (χ0v) is 17.3. The molecule has 0 aliphatic rings. The molecule has 0 bridgehead atoms. The van der Waals surface area contributed by atoms with E-state index in [-0.39, 0.29) is 28.8 Å². The van der Waals surface area contributed by atoms with Gasteiger partial charge in [-0.25, -0.2) is 0 Å². The lowest BCUT2D eigenvalue weighted by Gasteiger charge is -2.10. The lowest BCUT2D eigenvalue weighted by Crippen LogP contribution is -2.11. The molecule has 2 aromatic carbocycles. The molecule has 1 atom stereocenters. The van der Waals surface area contributed by atoms with Crippen molar-refractivity contribution < 1.29 is 18.9 Å². The maximum atomic E-state index is 12.4. The first kappa shape index (κ1) is 21.4. The largest absolute Gasteiger partial charge is 0.479 e. The molecule has 0 spiro atoms. The van der Waals surface area contributed by atoms with Crippen molar-refractivity contribution in [1.82, 2.24) is 0 Å². The number of hydrogen-bond donors (Lipinski definition) is 1. The molecule has 3 aromatic rings. The Labute approximate surface area is 178 Å². The molecule has 1 N–H and O–H groups in total. The number of amides is 1. The fourth-order valence-electron chi connectivity index (χ4n) is 2.81. The van der Waals surface area contributed by atoms with Gasteiger partial charge in [0.15, 0.2) is 11.5 Å². The van der Waals surface area contributed by atoms with Crippen molar-refractivity contribution in [3.8, 4) is 5.75 Å². The van der Waals surface area contributed by atoms with Gasteiger partial charge in [0, 0.05) is 16.8 Å². The average molecular weight is 429 g/mol. The molecule has 1 heterocycles. The SMILES string of the molecule is CC[C@@H](C)c1ccc(NC(=O)c2ccc(COc3ccc(Cl)cc3[N+](=O)[O-])o2)cc1. The number of halogens is 1. The summed E-state index contributed by atoms with van der Waals surface area (Å²) in [7, 11) is 0. The van der Waals surface area contributed by atoms with Crippen LogP contribution in [0.1, 0.15) is 48.1 Å². The van der Waals surface area contributed by atoms with E-state index < -0.39 is 10.8 Å². The second kappa shape index (κ2) is 9.45. The molecule has 1 aromatic heterocycles. The molecule has 8 heteroatoms. The number of benzene rings is 2. The molecule has 0 unspecified atom stereocenters. The van der Waals surface area contributed by atoms with E-state index in [1.165, 1.54) is 29.8 Å². The Hall–Kier alpha value is -3.32. The Morgan fingerprint density at radius 3 is 2.60 bits per heavy atom. The van der Waals surface area contributed by atoms with Crippen LogP contribution in [-0.2, 0) is 6.61 Å². The number of carbonyl (C=O) groups is 1. The van der Waals surface area contributed by atoms with Gasteiger partial charge in [-0.15, -0.1) is 0 Å². The standard InChI is InChI=1S/C22H21ClN2O5/c1-3-14(2)15-4-7-17(8-5-15)24-22(26)21-11-9-18(30-21)13-29-20-10-6-16(23)12-19(20)25(27)28/h4-12,14H,3,13H2,1-2H3,(H,24,26)/t14-/m1/s1. The minimum Gasteiger partial charge on any atom is -0.479 e. The van der Waals surface area contributed by atoms with E-state index in [0.29, 0.717) is 17.4 Å². The van der Waals surface area contributed by atoms with Crippen molar-refractivity contribution in [3.05, 3.63) is 86.8 Å². The van der Waals surface area contributed by atoms with Crippen molar-refractivity contribution >= 4 is 28.9 Å². The molecule has 0 aliphatic heterocycles. The predicted molar refractivity (Wildman–Crippen MR) is 114 cm³/mol. The number of nitro benzene ring substituents is 1. The first-order valence-electron chi connectivity index (χ1n) is 9.44. The first-order chi connectivity index (χ1) is 14.4. The second-order valence-corrected chi connectivity index (χ2v) is 7.25. The van der Waals surface area contributed by atoms with E-state index in [4.69, 9.17) is 20.8 Å². The minimum atomic E-state index is -0.575. The van der Waals surface area contributed by atoms with E-state index in [2.05, 4.69) is 19.2 Å². The molecule has 0 saturated heterocycles. The number of carbonyl (C=O) groups excluding carboxylic acids is 1. The molecule has 0 fully saturated rings. The maximum Gasteiger partial charge on any atom is 0.312 e. The number of ether oxygens (including phenoxy) is 1. The van der Waals surface area contributed by atoms with E-state index in [1.807, 2.05) is 24.3 Å². The Bertz CT molecular complexity index is 1050. The third-order valence-corrected chi connectivity index (χ3v) is 4.96. The summed E-state index contributed by atoms with van der Waals surface area (Å²) in [4.78, 5) is 23.0. The van der Waals surface area contributed by atoms with Gasteiger partial charge in [-0.3, -0.25) is 14.9 Å². The van der Waals surface area contributed by atoms with Gasteiger partial charge in [0.1, 0.15) is 12.4 Å². The Morgan fingerprint density at radius 1 is 1.20 bits per heavy atom. The number of anilines is 1. The van der Waals surface area contributed by atoms with Crippen molar-refractivity contribution in [2.24, 2.45) is 0 Å². The van der Waals surface area contributed by atoms with E-state index in [9.17, 15) is 14.9 Å².